The number of alkyl halides is 4. The van der Waals surface area contributed by atoms with Crippen molar-refractivity contribution in [3.8, 4) is 0 Å². The predicted octanol–water partition coefficient (Wildman–Crippen LogP) is 3.39. The molecule has 2 nitrogen and oxygen atoms in total. The van der Waals surface area contributed by atoms with E-state index in [9.17, 15) is 4.79 Å². The molecule has 0 saturated heterocycles. The molecule has 0 bridgehead atoms. The molecule has 0 saturated carbocycles. The summed E-state index contributed by atoms with van der Waals surface area (Å²) in [4.78, 5) is 11.7. The number of nitrogens with one attached hydrogen (secondary N) is 1. The first-order valence-corrected chi connectivity index (χ1v) is 6.14. The third kappa shape index (κ3) is 3.70. The Hall–Kier alpha value is -0.150. The smallest absolute Gasteiger partial charge is 0.252 e. The summed E-state index contributed by atoms with van der Waals surface area (Å²) in [6, 6.07) is 8.61. The van der Waals surface area contributed by atoms with E-state index >= 15 is 0 Å². The molecule has 88 valence electrons. The molecule has 1 rings (SSSR count). The Labute approximate surface area is 114 Å². The zero-order valence-electron chi connectivity index (χ0n) is 8.09. The summed E-state index contributed by atoms with van der Waals surface area (Å²) >= 11 is 22.9. The Morgan fingerprint density at radius 3 is 2.38 bits per heavy atom. The Balaban J connectivity index is 2.66. The van der Waals surface area contributed by atoms with Crippen LogP contribution in [0.3, 0.4) is 0 Å². The van der Waals surface area contributed by atoms with Crippen LogP contribution in [0.4, 0.5) is 0 Å². The highest BCUT2D eigenvalue weighted by molar-refractivity contribution is 6.55. The molecule has 1 N–H and O–H groups in total. The Morgan fingerprint density at radius 2 is 1.88 bits per heavy atom. The molecule has 0 aliphatic rings. The van der Waals surface area contributed by atoms with Gasteiger partial charge in [-0.15, -0.1) is 11.6 Å². The molecule has 6 heteroatoms. The van der Waals surface area contributed by atoms with E-state index in [0.717, 1.165) is 0 Å². The minimum Gasteiger partial charge on any atom is -0.333 e. The topological polar surface area (TPSA) is 29.1 Å². The lowest BCUT2D eigenvalue weighted by molar-refractivity contribution is 0.0947. The highest BCUT2D eigenvalue weighted by atomic mass is 35.5. The van der Waals surface area contributed by atoms with E-state index in [1.54, 1.807) is 30.3 Å². The van der Waals surface area contributed by atoms with Crippen molar-refractivity contribution >= 4 is 52.3 Å². The normalized spacial score (nSPS) is 13.2. The molecule has 0 aromatic heterocycles. The first-order valence-electron chi connectivity index (χ1n) is 4.41. The second-order valence-electron chi connectivity index (χ2n) is 3.10. The molecule has 16 heavy (non-hydrogen) atoms. The second-order valence-corrected chi connectivity index (χ2v) is 5.34. The summed E-state index contributed by atoms with van der Waals surface area (Å²) in [6.45, 7) is 0. The van der Waals surface area contributed by atoms with E-state index in [2.05, 4.69) is 5.32 Å². The van der Waals surface area contributed by atoms with Crippen molar-refractivity contribution in [3.63, 3.8) is 0 Å². The Bertz CT molecular complexity index is 355. The van der Waals surface area contributed by atoms with Crippen LogP contribution in [0.1, 0.15) is 10.4 Å². The van der Waals surface area contributed by atoms with Crippen molar-refractivity contribution in [2.45, 2.75) is 9.83 Å². The maximum atomic E-state index is 11.7. The molecule has 0 aliphatic heterocycles. The van der Waals surface area contributed by atoms with Gasteiger partial charge in [0.05, 0.1) is 5.88 Å². The van der Waals surface area contributed by atoms with Crippen LogP contribution in [0.5, 0.6) is 0 Å². The van der Waals surface area contributed by atoms with Gasteiger partial charge < -0.3 is 5.32 Å². The molecule has 1 unspecified atom stereocenters. The first kappa shape index (κ1) is 13.9. The fourth-order valence-electron chi connectivity index (χ4n) is 0.961. The molecule has 0 fully saturated rings. The van der Waals surface area contributed by atoms with E-state index in [0.29, 0.717) is 5.56 Å². The fourth-order valence-corrected chi connectivity index (χ4v) is 1.48. The van der Waals surface area contributed by atoms with E-state index < -0.39 is 9.83 Å². The highest BCUT2D eigenvalue weighted by Gasteiger charge is 2.34. The van der Waals surface area contributed by atoms with E-state index in [-0.39, 0.29) is 11.8 Å². The summed E-state index contributed by atoms with van der Waals surface area (Å²) in [5.74, 6) is -0.435. The second kappa shape index (κ2) is 5.97. The van der Waals surface area contributed by atoms with Crippen molar-refractivity contribution in [1.82, 2.24) is 5.32 Å². The van der Waals surface area contributed by atoms with Crippen LogP contribution in [0.25, 0.3) is 0 Å². The van der Waals surface area contributed by atoms with Gasteiger partial charge in [0.25, 0.3) is 5.91 Å². The average Bonchev–Trinajstić information content (AvgIpc) is 2.30. The maximum absolute atomic E-state index is 11.7. The molecule has 1 aromatic carbocycles. The predicted molar refractivity (Wildman–Crippen MR) is 68.7 cm³/mol. The zero-order valence-corrected chi connectivity index (χ0v) is 11.1. The number of hydrogen-bond acceptors (Lipinski definition) is 1. The minimum absolute atomic E-state index is 0.0840. The Kier molecular flexibility index (Phi) is 5.19. The van der Waals surface area contributed by atoms with Gasteiger partial charge in [0.15, 0.2) is 4.33 Å². The minimum atomic E-state index is -1.40. The number of benzene rings is 1. The lowest BCUT2D eigenvalue weighted by atomic mass is 10.2. The van der Waals surface area contributed by atoms with Crippen molar-refractivity contribution in [2.24, 2.45) is 0 Å². The van der Waals surface area contributed by atoms with Gasteiger partial charge in [-0.25, -0.2) is 0 Å². The lowest BCUT2D eigenvalue weighted by Gasteiger charge is -2.23. The molecule has 0 heterocycles. The molecule has 1 atom stereocenters. The van der Waals surface area contributed by atoms with Gasteiger partial charge in [0, 0.05) is 5.56 Å². The number of carbonyl (C=O) groups excluding carboxylic acids is 1. The zero-order chi connectivity index (χ0) is 12.2. The summed E-state index contributed by atoms with van der Waals surface area (Å²) in [5, 5.41) is 2.47. The van der Waals surface area contributed by atoms with E-state index in [1.165, 1.54) is 0 Å². The van der Waals surface area contributed by atoms with Crippen LogP contribution in [-0.2, 0) is 0 Å². The van der Waals surface area contributed by atoms with Crippen molar-refractivity contribution in [2.75, 3.05) is 5.88 Å². The number of rotatable bonds is 4. The number of halogens is 4. The van der Waals surface area contributed by atoms with Gasteiger partial charge in [0.2, 0.25) is 0 Å². The van der Waals surface area contributed by atoms with Crippen LogP contribution in [0.15, 0.2) is 30.3 Å². The van der Waals surface area contributed by atoms with Crippen molar-refractivity contribution < 1.29 is 4.79 Å². The van der Waals surface area contributed by atoms with Crippen molar-refractivity contribution in [3.05, 3.63) is 35.9 Å². The largest absolute Gasteiger partial charge is 0.333 e. The standard InChI is InChI=1S/C10H9Cl4NO/c11-6-10(13,14)9(12)15-8(16)7-4-2-1-3-5-7/h1-5,9H,6H2,(H,15,16). The Morgan fingerprint density at radius 1 is 1.31 bits per heavy atom. The highest BCUT2D eigenvalue weighted by Crippen LogP contribution is 2.29. The van der Waals surface area contributed by atoms with Crippen LogP contribution >= 0.6 is 46.4 Å². The van der Waals surface area contributed by atoms with Gasteiger partial charge >= 0.3 is 0 Å². The molecule has 0 radical (unpaired) electrons. The molecule has 1 aromatic rings. The maximum Gasteiger partial charge on any atom is 0.252 e. The van der Waals surface area contributed by atoms with Crippen molar-refractivity contribution in [1.29, 1.82) is 0 Å². The molecule has 1 amide bonds. The van der Waals surface area contributed by atoms with Crippen LogP contribution < -0.4 is 5.32 Å². The summed E-state index contributed by atoms with van der Waals surface area (Å²) in [6.07, 6.45) is 0. The monoisotopic (exact) mass is 299 g/mol. The van der Waals surface area contributed by atoms with E-state index in [4.69, 9.17) is 46.4 Å². The van der Waals surface area contributed by atoms with Crippen LogP contribution in [0, 0.1) is 0 Å². The molecular weight excluding hydrogens is 292 g/mol. The molecule has 0 aliphatic carbocycles. The molecular formula is C10H9Cl4NO. The van der Waals surface area contributed by atoms with Crippen LogP contribution in [-0.4, -0.2) is 21.6 Å². The van der Waals surface area contributed by atoms with Gasteiger partial charge in [-0.3, -0.25) is 4.79 Å². The fraction of sp³-hybridized carbons (Fsp3) is 0.300. The lowest BCUT2D eigenvalue weighted by Crippen LogP contribution is -2.43. The van der Waals surface area contributed by atoms with Gasteiger partial charge in [-0.1, -0.05) is 53.0 Å². The molecule has 0 spiro atoms. The number of amides is 1. The van der Waals surface area contributed by atoms with Gasteiger partial charge in [-0.05, 0) is 12.1 Å². The SMILES string of the molecule is O=C(NC(Cl)C(Cl)(Cl)CCl)c1ccccc1. The van der Waals surface area contributed by atoms with Crippen LogP contribution in [0.2, 0.25) is 0 Å². The summed E-state index contributed by atoms with van der Waals surface area (Å²) in [5.41, 5.74) is -0.479. The number of hydrogen-bond donors (Lipinski definition) is 1. The van der Waals surface area contributed by atoms with Gasteiger partial charge in [0.1, 0.15) is 5.50 Å². The van der Waals surface area contributed by atoms with E-state index in [1.807, 2.05) is 0 Å². The quantitative estimate of drug-likeness (QED) is 0.670. The summed E-state index contributed by atoms with van der Waals surface area (Å²) < 4.78 is -1.40. The first-order chi connectivity index (χ1) is 7.47. The summed E-state index contributed by atoms with van der Waals surface area (Å²) in [7, 11) is 0. The third-order valence-corrected chi connectivity index (χ3v) is 3.95. The number of carbonyl (C=O) groups is 1. The van der Waals surface area contributed by atoms with Gasteiger partial charge in [-0.2, -0.15) is 0 Å². The third-order valence-electron chi connectivity index (χ3n) is 1.84. The average molecular weight is 301 g/mol.